The third-order valence-corrected chi connectivity index (χ3v) is 2.73. The fourth-order valence-electron chi connectivity index (χ4n) is 1.72. The minimum absolute atomic E-state index is 0.356. The van der Waals surface area contributed by atoms with Crippen molar-refractivity contribution >= 4 is 0 Å². The second-order valence-corrected chi connectivity index (χ2v) is 4.15. The average Bonchev–Trinajstić information content (AvgIpc) is 2.78. The van der Waals surface area contributed by atoms with E-state index in [4.69, 9.17) is 4.42 Å². The van der Waals surface area contributed by atoms with Crippen LogP contribution in [0.5, 0.6) is 0 Å². The van der Waals surface area contributed by atoms with E-state index in [1.807, 2.05) is 6.07 Å². The van der Waals surface area contributed by atoms with Gasteiger partial charge in [-0.3, -0.25) is 0 Å². The highest BCUT2D eigenvalue weighted by molar-refractivity contribution is 5.24. The Hall–Kier alpha value is -1.54. The molecule has 0 aliphatic carbocycles. The molecule has 1 aromatic heterocycles. The molecule has 0 saturated heterocycles. The lowest BCUT2D eigenvalue weighted by atomic mass is 10.1. The maximum Gasteiger partial charge on any atom is 0.0947 e. The van der Waals surface area contributed by atoms with Gasteiger partial charge in [0.25, 0.3) is 0 Å². The predicted molar refractivity (Wildman–Crippen MR) is 65.1 cm³/mol. The van der Waals surface area contributed by atoms with E-state index in [9.17, 15) is 0 Å². The quantitative estimate of drug-likeness (QED) is 0.845. The van der Waals surface area contributed by atoms with Crippen LogP contribution in [0.1, 0.15) is 29.7 Å². The summed E-state index contributed by atoms with van der Waals surface area (Å²) >= 11 is 0. The van der Waals surface area contributed by atoms with E-state index >= 15 is 0 Å². The highest BCUT2D eigenvalue weighted by Gasteiger charge is 2.04. The number of nitrogens with one attached hydrogen (secondary N) is 1. The summed E-state index contributed by atoms with van der Waals surface area (Å²) in [4.78, 5) is 0. The number of rotatable bonds is 4. The van der Waals surface area contributed by atoms with Crippen LogP contribution in [-0.4, -0.2) is 0 Å². The summed E-state index contributed by atoms with van der Waals surface area (Å²) in [6.07, 6.45) is 3.48. The van der Waals surface area contributed by atoms with Crippen molar-refractivity contribution in [2.45, 2.75) is 26.4 Å². The fourth-order valence-corrected chi connectivity index (χ4v) is 1.72. The van der Waals surface area contributed by atoms with Gasteiger partial charge in [0.2, 0.25) is 0 Å². The molecule has 2 heteroatoms. The van der Waals surface area contributed by atoms with Crippen LogP contribution in [0.2, 0.25) is 0 Å². The molecule has 2 rings (SSSR count). The van der Waals surface area contributed by atoms with E-state index in [0.717, 1.165) is 6.54 Å². The van der Waals surface area contributed by atoms with Crippen molar-refractivity contribution in [2.24, 2.45) is 0 Å². The van der Waals surface area contributed by atoms with Crippen molar-refractivity contribution < 1.29 is 4.42 Å². The standard InChI is InChI=1S/C14H17NO/c1-11-4-3-5-14(8-11)12(2)15-9-13-6-7-16-10-13/h3-8,10,12,15H,9H2,1-2H3/t12-/m0/s1. The molecular formula is C14H17NO. The van der Waals surface area contributed by atoms with Crippen molar-refractivity contribution in [2.75, 3.05) is 0 Å². The molecule has 2 aromatic rings. The molecule has 2 nitrogen and oxygen atoms in total. The molecule has 1 atom stereocenters. The van der Waals surface area contributed by atoms with E-state index in [-0.39, 0.29) is 0 Å². The topological polar surface area (TPSA) is 25.2 Å². The van der Waals surface area contributed by atoms with Gasteiger partial charge in [-0.1, -0.05) is 29.8 Å². The molecule has 0 unspecified atom stereocenters. The Morgan fingerprint density at radius 2 is 2.19 bits per heavy atom. The molecule has 1 aromatic carbocycles. The van der Waals surface area contributed by atoms with Crippen LogP contribution in [0.4, 0.5) is 0 Å². The molecule has 0 radical (unpaired) electrons. The lowest BCUT2D eigenvalue weighted by Crippen LogP contribution is -2.17. The summed E-state index contributed by atoms with van der Waals surface area (Å²) < 4.78 is 5.03. The molecule has 16 heavy (non-hydrogen) atoms. The minimum Gasteiger partial charge on any atom is -0.472 e. The van der Waals surface area contributed by atoms with Crippen molar-refractivity contribution in [3.8, 4) is 0 Å². The molecule has 1 heterocycles. The van der Waals surface area contributed by atoms with E-state index in [0.29, 0.717) is 6.04 Å². The molecule has 1 N–H and O–H groups in total. The van der Waals surface area contributed by atoms with Gasteiger partial charge in [-0.25, -0.2) is 0 Å². The summed E-state index contributed by atoms with van der Waals surface area (Å²) in [5.74, 6) is 0. The first-order valence-corrected chi connectivity index (χ1v) is 5.57. The number of hydrogen-bond donors (Lipinski definition) is 1. The maximum absolute atomic E-state index is 5.03. The molecule has 0 saturated carbocycles. The van der Waals surface area contributed by atoms with Gasteiger partial charge in [0.1, 0.15) is 0 Å². The Kier molecular flexibility index (Phi) is 3.42. The first-order valence-electron chi connectivity index (χ1n) is 5.57. The fraction of sp³-hybridized carbons (Fsp3) is 0.286. The van der Waals surface area contributed by atoms with Crippen LogP contribution in [0.3, 0.4) is 0 Å². The normalized spacial score (nSPS) is 12.6. The zero-order chi connectivity index (χ0) is 11.4. The van der Waals surface area contributed by atoms with Gasteiger partial charge in [0, 0.05) is 18.2 Å². The smallest absolute Gasteiger partial charge is 0.0947 e. The first-order chi connectivity index (χ1) is 7.75. The van der Waals surface area contributed by atoms with Gasteiger partial charge in [-0.2, -0.15) is 0 Å². The molecular weight excluding hydrogens is 198 g/mol. The van der Waals surface area contributed by atoms with Crippen LogP contribution < -0.4 is 5.32 Å². The second-order valence-electron chi connectivity index (χ2n) is 4.15. The van der Waals surface area contributed by atoms with Crippen molar-refractivity contribution in [1.29, 1.82) is 0 Å². The Morgan fingerprint density at radius 3 is 2.88 bits per heavy atom. The lowest BCUT2D eigenvalue weighted by Gasteiger charge is -2.14. The average molecular weight is 215 g/mol. The van der Waals surface area contributed by atoms with Gasteiger partial charge in [-0.15, -0.1) is 0 Å². The summed E-state index contributed by atoms with van der Waals surface area (Å²) in [5.41, 5.74) is 3.80. The summed E-state index contributed by atoms with van der Waals surface area (Å²) in [6.45, 7) is 5.13. The SMILES string of the molecule is Cc1cccc([C@H](C)NCc2ccoc2)c1. The predicted octanol–water partition coefficient (Wildman–Crippen LogP) is 3.44. The van der Waals surface area contributed by atoms with Crippen LogP contribution in [0.25, 0.3) is 0 Å². The van der Waals surface area contributed by atoms with Crippen LogP contribution >= 0.6 is 0 Å². The van der Waals surface area contributed by atoms with Crippen molar-refractivity contribution in [3.63, 3.8) is 0 Å². The molecule has 0 aliphatic heterocycles. The lowest BCUT2D eigenvalue weighted by molar-refractivity contribution is 0.546. The Balaban J connectivity index is 1.95. The Bertz CT molecular complexity index is 434. The molecule has 0 bridgehead atoms. The van der Waals surface area contributed by atoms with Gasteiger partial charge in [-0.05, 0) is 25.5 Å². The zero-order valence-corrected chi connectivity index (χ0v) is 9.73. The van der Waals surface area contributed by atoms with E-state index in [2.05, 4.69) is 43.4 Å². The summed E-state index contributed by atoms with van der Waals surface area (Å²) in [5, 5.41) is 3.47. The largest absolute Gasteiger partial charge is 0.472 e. The molecule has 0 fully saturated rings. The van der Waals surface area contributed by atoms with Gasteiger partial charge in [0.05, 0.1) is 12.5 Å². The van der Waals surface area contributed by atoms with Gasteiger partial charge < -0.3 is 9.73 Å². The molecule has 84 valence electrons. The maximum atomic E-state index is 5.03. The molecule has 0 spiro atoms. The Labute approximate surface area is 96.3 Å². The van der Waals surface area contributed by atoms with E-state index < -0.39 is 0 Å². The molecule has 0 aliphatic rings. The van der Waals surface area contributed by atoms with Crippen molar-refractivity contribution in [1.82, 2.24) is 5.32 Å². The number of benzene rings is 1. The third-order valence-electron chi connectivity index (χ3n) is 2.73. The number of aryl methyl sites for hydroxylation is 1. The first kappa shape index (κ1) is 11.0. The highest BCUT2D eigenvalue weighted by atomic mass is 16.3. The van der Waals surface area contributed by atoms with Crippen LogP contribution in [0, 0.1) is 6.92 Å². The summed E-state index contributed by atoms with van der Waals surface area (Å²) in [6, 6.07) is 10.9. The monoisotopic (exact) mass is 215 g/mol. The van der Waals surface area contributed by atoms with Crippen LogP contribution in [0.15, 0.2) is 47.3 Å². The summed E-state index contributed by atoms with van der Waals surface area (Å²) in [7, 11) is 0. The zero-order valence-electron chi connectivity index (χ0n) is 9.73. The third kappa shape index (κ3) is 2.74. The van der Waals surface area contributed by atoms with Crippen LogP contribution in [-0.2, 0) is 6.54 Å². The number of furan rings is 1. The van der Waals surface area contributed by atoms with E-state index in [1.165, 1.54) is 16.7 Å². The second kappa shape index (κ2) is 4.99. The molecule has 0 amide bonds. The Morgan fingerprint density at radius 1 is 1.31 bits per heavy atom. The highest BCUT2D eigenvalue weighted by Crippen LogP contribution is 2.14. The van der Waals surface area contributed by atoms with Crippen molar-refractivity contribution in [3.05, 3.63) is 59.5 Å². The van der Waals surface area contributed by atoms with Gasteiger partial charge >= 0.3 is 0 Å². The van der Waals surface area contributed by atoms with Gasteiger partial charge in [0.15, 0.2) is 0 Å². The van der Waals surface area contributed by atoms with E-state index in [1.54, 1.807) is 12.5 Å². The number of hydrogen-bond acceptors (Lipinski definition) is 2. The minimum atomic E-state index is 0.356.